The van der Waals surface area contributed by atoms with Gasteiger partial charge in [0.15, 0.2) is 24.5 Å². The van der Waals surface area contributed by atoms with Crippen LogP contribution in [0.4, 0.5) is 0 Å². The lowest BCUT2D eigenvalue weighted by Crippen LogP contribution is -2.59. The molecular formula is C55H78O16. The van der Waals surface area contributed by atoms with Crippen molar-refractivity contribution >= 4 is 18.0 Å². The van der Waals surface area contributed by atoms with E-state index in [1.165, 1.54) is 18.4 Å². The van der Waals surface area contributed by atoms with E-state index in [0.29, 0.717) is 61.3 Å². The highest BCUT2D eigenvalue weighted by atomic mass is 16.7. The average Bonchev–Trinajstić information content (AvgIpc) is 4.00. The number of rotatable bonds is 11. The molecule has 8 rings (SSSR count). The lowest BCUT2D eigenvalue weighted by Gasteiger charge is -2.51. The van der Waals surface area contributed by atoms with Crippen LogP contribution in [0.3, 0.4) is 0 Å². The maximum Gasteiger partial charge on any atom is 0.331 e. The van der Waals surface area contributed by atoms with Gasteiger partial charge in [-0.2, -0.15) is 0 Å². The predicted octanol–water partition coefficient (Wildman–Crippen LogP) is 7.46. The summed E-state index contributed by atoms with van der Waals surface area (Å²) in [5.74, 6) is -2.59. The van der Waals surface area contributed by atoms with Gasteiger partial charge in [-0.3, -0.25) is 4.79 Å². The Labute approximate surface area is 419 Å². The van der Waals surface area contributed by atoms with Gasteiger partial charge in [0.2, 0.25) is 0 Å². The fraction of sp³-hybridized carbons (Fsp3) is 0.709. The molecule has 0 radical (unpaired) electrons. The molecule has 6 aliphatic heterocycles. The highest BCUT2D eigenvalue weighted by molar-refractivity contribution is 5.87. The van der Waals surface area contributed by atoms with Crippen LogP contribution in [-0.2, 0) is 61.7 Å². The summed E-state index contributed by atoms with van der Waals surface area (Å²) in [6, 6.07) is 3.43. The molecule has 1 aromatic heterocycles. The monoisotopic (exact) mass is 995 g/mol. The van der Waals surface area contributed by atoms with Crippen molar-refractivity contribution in [2.45, 2.75) is 204 Å². The van der Waals surface area contributed by atoms with Crippen LogP contribution >= 0.6 is 0 Å². The Morgan fingerprint density at radius 1 is 0.958 bits per heavy atom. The first-order valence-electron chi connectivity index (χ1n) is 25.9. The van der Waals surface area contributed by atoms with Crippen LogP contribution in [0.25, 0.3) is 6.08 Å². The van der Waals surface area contributed by atoms with Gasteiger partial charge < -0.3 is 66.7 Å². The number of carbonyl (C=O) groups is 2. The van der Waals surface area contributed by atoms with Gasteiger partial charge in [0.25, 0.3) is 0 Å². The molecule has 2 bridgehead atoms. The van der Waals surface area contributed by atoms with Crippen molar-refractivity contribution in [1.82, 2.24) is 0 Å². The minimum atomic E-state index is -1.94. The van der Waals surface area contributed by atoms with Crippen LogP contribution in [0.5, 0.6) is 0 Å². The maximum atomic E-state index is 14.8. The Kier molecular flexibility index (Phi) is 17.4. The van der Waals surface area contributed by atoms with E-state index in [2.05, 4.69) is 33.8 Å². The van der Waals surface area contributed by atoms with Gasteiger partial charge in [0.05, 0.1) is 55.6 Å². The van der Waals surface area contributed by atoms with Crippen LogP contribution in [0.1, 0.15) is 113 Å². The second-order valence-electron chi connectivity index (χ2n) is 21.1. The van der Waals surface area contributed by atoms with E-state index in [0.717, 1.165) is 18.4 Å². The third-order valence-electron chi connectivity index (χ3n) is 16.1. The number of ether oxygens (including phenoxy) is 11. The number of fused-ring (bicyclic) bond motifs is 2. The van der Waals surface area contributed by atoms with Crippen molar-refractivity contribution in [3.8, 4) is 0 Å². The minimum absolute atomic E-state index is 0.0294. The third-order valence-corrected chi connectivity index (χ3v) is 16.1. The van der Waals surface area contributed by atoms with Crippen molar-refractivity contribution < 1.29 is 76.3 Å². The molecular weight excluding hydrogens is 917 g/mol. The Balaban J connectivity index is 1.10. The fourth-order valence-corrected chi connectivity index (χ4v) is 11.8. The molecule has 0 amide bonds. The van der Waals surface area contributed by atoms with Crippen molar-refractivity contribution in [1.29, 1.82) is 0 Å². The number of esters is 2. The zero-order valence-electron chi connectivity index (χ0n) is 43.1. The molecule has 394 valence electrons. The molecule has 5 fully saturated rings. The lowest BCUT2D eigenvalue weighted by atomic mass is 9.70. The highest BCUT2D eigenvalue weighted by Crippen LogP contribution is 2.49. The number of furan rings is 1. The molecule has 16 heteroatoms. The molecule has 1 aliphatic carbocycles. The van der Waals surface area contributed by atoms with Crippen LogP contribution < -0.4 is 0 Å². The van der Waals surface area contributed by atoms with Gasteiger partial charge in [-0.15, -0.1) is 0 Å². The Morgan fingerprint density at radius 2 is 1.70 bits per heavy atom. The summed E-state index contributed by atoms with van der Waals surface area (Å²) >= 11 is 0. The van der Waals surface area contributed by atoms with Gasteiger partial charge in [-0.1, -0.05) is 64.5 Å². The normalized spacial score (nSPS) is 44.6. The zero-order valence-corrected chi connectivity index (χ0v) is 43.1. The van der Waals surface area contributed by atoms with Crippen molar-refractivity contribution in [2.24, 2.45) is 23.7 Å². The molecule has 71 heavy (non-hydrogen) atoms. The number of aliphatic hydroxyl groups excluding tert-OH is 1. The Hall–Kier alpha value is -3.52. The highest BCUT2D eigenvalue weighted by Gasteiger charge is 2.61. The number of hydrogen-bond acceptors (Lipinski definition) is 16. The molecule has 0 aromatic carbocycles. The van der Waals surface area contributed by atoms with E-state index >= 15 is 0 Å². The molecule has 5 saturated heterocycles. The molecule has 1 aromatic rings. The summed E-state index contributed by atoms with van der Waals surface area (Å²) < 4.78 is 76.0. The molecule has 7 heterocycles. The number of allylic oxidation sites excluding steroid dienone is 2. The van der Waals surface area contributed by atoms with Crippen LogP contribution in [0.2, 0.25) is 0 Å². The largest absolute Gasteiger partial charge is 0.465 e. The molecule has 2 N–H and O–H groups in total. The standard InChI is InChI=1S/C55H78O16/c1-11-30(2)49-33(5)21-22-54(71-49)28-40-25-39(70-54)18-17-32(4)48(68-46-27-43(61-10)51(36(8)65-46)69-45-26-42(60-9)47(57)35(7)64-45)31(3)14-12-15-37-29-63-52-50(67-44(56)20-19-38-16-13-23-62-38)34(6)24-41(53(58)66-40)55(37,52)59/h12-17,19-20,23-24,30-31,33,35-36,39-43,45-52,57,59H,11,18,21-22,25-29H2,1-10H3/b14-12+,20-19+,32-17+,37-15+/t30-,31-,33-,35-,36-,39+,40-,41-,42-,43-,45-,46-,47-,48-,49+,50+,51-,52+,54+,55+/m0/s1. The molecule has 16 nitrogen and oxygen atoms in total. The Morgan fingerprint density at radius 3 is 2.44 bits per heavy atom. The quantitative estimate of drug-likeness (QED) is 0.126. The van der Waals surface area contributed by atoms with E-state index in [1.54, 1.807) is 52.4 Å². The molecule has 20 atom stereocenters. The summed E-state index contributed by atoms with van der Waals surface area (Å²) in [5, 5.41) is 23.6. The van der Waals surface area contributed by atoms with Crippen LogP contribution in [-0.4, -0.2) is 140 Å². The van der Waals surface area contributed by atoms with E-state index < -0.39 is 103 Å². The van der Waals surface area contributed by atoms with E-state index in [-0.39, 0.29) is 30.7 Å². The van der Waals surface area contributed by atoms with Gasteiger partial charge in [-0.25, -0.2) is 4.79 Å². The predicted molar refractivity (Wildman–Crippen MR) is 259 cm³/mol. The SMILES string of the molecule is CC[C@H](C)[C@H]1O[C@]2(CC[C@@H]1C)C[C@@H]1C[C@@H](C/C=C(\C)[C@@H](O[C@H]3C[C@H](OC)[C@@H](O[C@H]4C[C@H](OC)[C@@H](O)[C@H](C)O4)[C@H](C)O3)[C@@H](C)/C=C/C=C3\CO[C@@H]4[C@H](OC(=O)/C=C/c5ccco5)C(C)=C[C@@H](C(=O)O1)[C@]34O)O2. The van der Waals surface area contributed by atoms with Crippen molar-refractivity contribution in [3.63, 3.8) is 0 Å². The van der Waals surface area contributed by atoms with Crippen LogP contribution in [0.15, 0.2) is 76.0 Å². The smallest absolute Gasteiger partial charge is 0.331 e. The second kappa shape index (κ2) is 22.9. The second-order valence-corrected chi connectivity index (χ2v) is 21.1. The summed E-state index contributed by atoms with van der Waals surface area (Å²) in [7, 11) is 3.21. The topological polar surface area (TPSA) is 189 Å². The number of methoxy groups -OCH3 is 2. The third kappa shape index (κ3) is 11.7. The maximum absolute atomic E-state index is 14.8. The first-order valence-corrected chi connectivity index (χ1v) is 25.9. The number of carbonyl (C=O) groups excluding carboxylic acids is 2. The fourth-order valence-electron chi connectivity index (χ4n) is 11.8. The molecule has 7 aliphatic rings. The zero-order chi connectivity index (χ0) is 50.8. The Bertz CT molecular complexity index is 2130. The lowest BCUT2D eigenvalue weighted by molar-refractivity contribution is -0.340. The van der Waals surface area contributed by atoms with E-state index in [9.17, 15) is 19.8 Å². The van der Waals surface area contributed by atoms with Gasteiger partial charge in [-0.05, 0) is 87.3 Å². The van der Waals surface area contributed by atoms with Gasteiger partial charge in [0, 0.05) is 58.3 Å². The molecule has 0 unspecified atom stereocenters. The van der Waals surface area contributed by atoms with E-state index in [1.807, 2.05) is 26.0 Å². The minimum Gasteiger partial charge on any atom is -0.465 e. The van der Waals surface area contributed by atoms with Gasteiger partial charge >= 0.3 is 11.9 Å². The van der Waals surface area contributed by atoms with Crippen molar-refractivity contribution in [2.75, 3.05) is 20.8 Å². The van der Waals surface area contributed by atoms with Gasteiger partial charge in [0.1, 0.15) is 41.7 Å². The summed E-state index contributed by atoms with van der Waals surface area (Å²) in [6.07, 6.45) is 10.2. The van der Waals surface area contributed by atoms with Crippen molar-refractivity contribution in [3.05, 3.63) is 77.3 Å². The summed E-state index contributed by atoms with van der Waals surface area (Å²) in [4.78, 5) is 28.1. The molecule has 1 spiro atoms. The van der Waals surface area contributed by atoms with Crippen LogP contribution in [0, 0.1) is 23.7 Å². The molecule has 0 saturated carbocycles. The number of aliphatic hydroxyl groups is 2. The van der Waals surface area contributed by atoms with E-state index in [4.69, 9.17) is 56.5 Å². The number of hydrogen-bond donors (Lipinski definition) is 2. The first kappa shape index (κ1) is 53.8. The summed E-state index contributed by atoms with van der Waals surface area (Å²) in [6.45, 7) is 16.2. The summed E-state index contributed by atoms with van der Waals surface area (Å²) in [5.41, 5.74) is -0.000438. The first-order chi connectivity index (χ1) is 33.9. The average molecular weight is 995 g/mol.